The van der Waals surface area contributed by atoms with Crippen LogP contribution in [0.5, 0.6) is 0 Å². The Kier molecular flexibility index (Phi) is 6.82. The first kappa shape index (κ1) is 24.1. The molecule has 1 spiro atoms. The van der Waals surface area contributed by atoms with Crippen LogP contribution in [0.1, 0.15) is 29.0 Å². The van der Waals surface area contributed by atoms with Gasteiger partial charge in [0.25, 0.3) is 11.8 Å². The lowest BCUT2D eigenvalue weighted by Crippen LogP contribution is -2.57. The van der Waals surface area contributed by atoms with Crippen molar-refractivity contribution in [2.24, 2.45) is 0 Å². The molecule has 2 aliphatic heterocycles. The second-order valence-corrected chi connectivity index (χ2v) is 10.0. The fraction of sp³-hybridized carbons (Fsp3) is 0.296. The molecular formula is C27H27BrN4O4. The van der Waals surface area contributed by atoms with Crippen LogP contribution in [0.25, 0.3) is 0 Å². The number of nitrogens with one attached hydrogen (secondary N) is 1. The van der Waals surface area contributed by atoms with Gasteiger partial charge in [0.05, 0.1) is 19.5 Å². The quantitative estimate of drug-likeness (QED) is 0.506. The molecule has 186 valence electrons. The van der Waals surface area contributed by atoms with Crippen molar-refractivity contribution in [3.05, 3.63) is 88.8 Å². The van der Waals surface area contributed by atoms with Gasteiger partial charge in [0.15, 0.2) is 0 Å². The molecular weight excluding hydrogens is 524 g/mol. The molecule has 3 heterocycles. The number of hydrogen-bond donors (Lipinski definition) is 1. The van der Waals surface area contributed by atoms with Crippen molar-refractivity contribution >= 4 is 39.3 Å². The van der Waals surface area contributed by atoms with Gasteiger partial charge in [-0.1, -0.05) is 40.2 Å². The number of hydrogen-bond acceptors (Lipinski definition) is 5. The van der Waals surface area contributed by atoms with E-state index >= 15 is 0 Å². The molecule has 5 rings (SSSR count). The van der Waals surface area contributed by atoms with Crippen molar-refractivity contribution in [2.45, 2.75) is 24.9 Å². The minimum Gasteiger partial charge on any atom is -0.467 e. The van der Waals surface area contributed by atoms with Gasteiger partial charge in [0.2, 0.25) is 5.91 Å². The van der Waals surface area contributed by atoms with Crippen LogP contribution in [0.3, 0.4) is 0 Å². The highest BCUT2D eigenvalue weighted by Crippen LogP contribution is 2.39. The summed E-state index contributed by atoms with van der Waals surface area (Å²) in [4.78, 5) is 45.1. The predicted molar refractivity (Wildman–Crippen MR) is 138 cm³/mol. The predicted octanol–water partition coefficient (Wildman–Crippen LogP) is 3.64. The van der Waals surface area contributed by atoms with Gasteiger partial charge < -0.3 is 24.4 Å². The first-order chi connectivity index (χ1) is 17.5. The lowest BCUT2D eigenvalue weighted by atomic mass is 9.85. The SMILES string of the molecule is O=C(CN1CN(c2ccccc2)C2(CCN(C(=O)c3cccc(Br)c3)CC2)C1=O)NCc1ccco1. The molecule has 1 aromatic heterocycles. The maximum Gasteiger partial charge on any atom is 0.253 e. The number of carbonyl (C=O) groups is 3. The summed E-state index contributed by atoms with van der Waals surface area (Å²) >= 11 is 3.43. The molecule has 0 radical (unpaired) electrons. The summed E-state index contributed by atoms with van der Waals surface area (Å²) in [6.45, 7) is 1.47. The Morgan fingerprint density at radius 3 is 2.47 bits per heavy atom. The summed E-state index contributed by atoms with van der Waals surface area (Å²) in [5, 5.41) is 2.82. The van der Waals surface area contributed by atoms with Crippen LogP contribution in [0, 0.1) is 0 Å². The number of halogens is 1. The second-order valence-electron chi connectivity index (χ2n) is 9.10. The van der Waals surface area contributed by atoms with Gasteiger partial charge >= 0.3 is 0 Å². The Balaban J connectivity index is 1.31. The summed E-state index contributed by atoms with van der Waals surface area (Å²) in [6.07, 6.45) is 2.54. The van der Waals surface area contributed by atoms with E-state index in [1.807, 2.05) is 53.4 Å². The van der Waals surface area contributed by atoms with Crippen LogP contribution in [-0.2, 0) is 16.1 Å². The Hall–Kier alpha value is -3.59. The van der Waals surface area contributed by atoms with Gasteiger partial charge in [0, 0.05) is 28.8 Å². The molecule has 9 heteroatoms. The van der Waals surface area contributed by atoms with Gasteiger partial charge in [-0.05, 0) is 55.3 Å². The Labute approximate surface area is 218 Å². The van der Waals surface area contributed by atoms with E-state index in [9.17, 15) is 14.4 Å². The van der Waals surface area contributed by atoms with E-state index in [1.165, 1.54) is 0 Å². The third-order valence-electron chi connectivity index (χ3n) is 6.91. The number of rotatable bonds is 6. The number of piperidine rings is 1. The zero-order chi connectivity index (χ0) is 25.1. The smallest absolute Gasteiger partial charge is 0.253 e. The second kappa shape index (κ2) is 10.2. The molecule has 3 amide bonds. The van der Waals surface area contributed by atoms with Gasteiger partial charge in [-0.25, -0.2) is 0 Å². The molecule has 36 heavy (non-hydrogen) atoms. The maximum atomic E-state index is 13.8. The summed E-state index contributed by atoms with van der Waals surface area (Å²) < 4.78 is 6.12. The molecule has 0 saturated carbocycles. The normalized spacial score (nSPS) is 17.0. The van der Waals surface area contributed by atoms with Gasteiger partial charge in [-0.3, -0.25) is 14.4 Å². The van der Waals surface area contributed by atoms with E-state index in [1.54, 1.807) is 29.4 Å². The van der Waals surface area contributed by atoms with Crippen LogP contribution >= 0.6 is 15.9 Å². The van der Waals surface area contributed by atoms with Crippen LogP contribution < -0.4 is 10.2 Å². The number of para-hydroxylation sites is 1. The number of amides is 3. The highest BCUT2D eigenvalue weighted by molar-refractivity contribution is 9.10. The Morgan fingerprint density at radius 1 is 1.00 bits per heavy atom. The number of carbonyl (C=O) groups excluding carboxylic acids is 3. The van der Waals surface area contributed by atoms with Crippen LogP contribution in [0.15, 0.2) is 81.9 Å². The average Bonchev–Trinajstić information content (AvgIpc) is 3.51. The molecule has 0 atom stereocenters. The molecule has 0 aliphatic carbocycles. The van der Waals surface area contributed by atoms with Crippen molar-refractivity contribution in [1.29, 1.82) is 0 Å². The van der Waals surface area contributed by atoms with Crippen molar-refractivity contribution in [2.75, 3.05) is 31.2 Å². The van der Waals surface area contributed by atoms with Crippen molar-refractivity contribution in [3.8, 4) is 0 Å². The minimum absolute atomic E-state index is 0.0364. The van der Waals surface area contributed by atoms with Gasteiger partial charge in [-0.2, -0.15) is 0 Å². The third kappa shape index (κ3) is 4.75. The standard InChI is InChI=1S/C27H27BrN4O4/c28-21-7-4-6-20(16-21)25(34)30-13-11-27(12-14-30)26(35)31(19-32(27)22-8-2-1-3-9-22)18-24(33)29-17-23-10-5-15-36-23/h1-10,15-16H,11-14,17-19H2,(H,29,33). The summed E-state index contributed by atoms with van der Waals surface area (Å²) in [6, 6.07) is 20.7. The molecule has 0 bridgehead atoms. The number of furan rings is 1. The van der Waals surface area contributed by atoms with Crippen molar-refractivity contribution < 1.29 is 18.8 Å². The molecule has 2 fully saturated rings. The third-order valence-corrected chi connectivity index (χ3v) is 7.40. The van der Waals surface area contributed by atoms with Crippen LogP contribution in [0.2, 0.25) is 0 Å². The van der Waals surface area contributed by atoms with Gasteiger partial charge in [0.1, 0.15) is 17.8 Å². The topological polar surface area (TPSA) is 86.1 Å². The highest BCUT2D eigenvalue weighted by atomic mass is 79.9. The molecule has 2 aromatic carbocycles. The van der Waals surface area contributed by atoms with E-state index < -0.39 is 5.54 Å². The van der Waals surface area contributed by atoms with E-state index in [0.29, 0.717) is 43.9 Å². The monoisotopic (exact) mass is 550 g/mol. The molecule has 8 nitrogen and oxygen atoms in total. The van der Waals surface area contributed by atoms with E-state index in [2.05, 4.69) is 26.1 Å². The van der Waals surface area contributed by atoms with Crippen LogP contribution in [-0.4, -0.2) is 59.4 Å². The van der Waals surface area contributed by atoms with E-state index in [0.717, 1.165) is 10.2 Å². The highest BCUT2D eigenvalue weighted by Gasteiger charge is 2.54. The first-order valence-corrected chi connectivity index (χ1v) is 12.7. The fourth-order valence-electron chi connectivity index (χ4n) is 5.03. The number of benzene rings is 2. The number of likely N-dealkylation sites (tertiary alicyclic amines) is 1. The number of anilines is 1. The van der Waals surface area contributed by atoms with E-state index in [-0.39, 0.29) is 30.8 Å². The summed E-state index contributed by atoms with van der Waals surface area (Å²) in [5.41, 5.74) is 0.750. The van der Waals surface area contributed by atoms with Crippen LogP contribution in [0.4, 0.5) is 5.69 Å². The van der Waals surface area contributed by atoms with Crippen molar-refractivity contribution in [1.82, 2.24) is 15.1 Å². The molecule has 2 saturated heterocycles. The first-order valence-electron chi connectivity index (χ1n) is 11.9. The lowest BCUT2D eigenvalue weighted by molar-refractivity contribution is -0.137. The molecule has 0 unspecified atom stereocenters. The fourth-order valence-corrected chi connectivity index (χ4v) is 5.43. The summed E-state index contributed by atoms with van der Waals surface area (Å²) in [5.74, 6) is 0.291. The molecule has 2 aliphatic rings. The number of nitrogens with zero attached hydrogens (tertiary/aromatic N) is 3. The van der Waals surface area contributed by atoms with E-state index in [4.69, 9.17) is 4.42 Å². The molecule has 1 N–H and O–H groups in total. The zero-order valence-electron chi connectivity index (χ0n) is 19.7. The average molecular weight is 551 g/mol. The van der Waals surface area contributed by atoms with Crippen molar-refractivity contribution in [3.63, 3.8) is 0 Å². The molecule has 3 aromatic rings. The lowest BCUT2D eigenvalue weighted by Gasteiger charge is -2.43. The Bertz CT molecular complexity index is 1240. The Morgan fingerprint density at radius 2 is 1.78 bits per heavy atom. The summed E-state index contributed by atoms with van der Waals surface area (Å²) in [7, 11) is 0. The largest absolute Gasteiger partial charge is 0.467 e. The van der Waals surface area contributed by atoms with Gasteiger partial charge in [-0.15, -0.1) is 0 Å². The zero-order valence-corrected chi connectivity index (χ0v) is 21.3. The maximum absolute atomic E-state index is 13.8. The minimum atomic E-state index is -0.795.